The van der Waals surface area contributed by atoms with Gasteiger partial charge in [-0.05, 0) is 73.9 Å². The molecule has 2 aromatic carbocycles. The maximum Gasteiger partial charge on any atom is 0.296 e. The maximum absolute atomic E-state index is 13.5. The monoisotopic (exact) mass is 531 g/mol. The summed E-state index contributed by atoms with van der Waals surface area (Å²) in [5, 5.41) is 11.5. The number of carbonyl (C=O) groups is 2. The average Bonchev–Trinajstić information content (AvgIpc) is 3.63. The van der Waals surface area contributed by atoms with Crippen molar-refractivity contribution >= 4 is 17.4 Å². The molecular formula is C31H33NO7. The van der Waals surface area contributed by atoms with E-state index in [-0.39, 0.29) is 24.0 Å². The van der Waals surface area contributed by atoms with Crippen molar-refractivity contribution in [2.24, 2.45) is 0 Å². The first-order chi connectivity index (χ1) is 18.9. The molecule has 0 radical (unpaired) electrons. The van der Waals surface area contributed by atoms with Gasteiger partial charge in [0.05, 0.1) is 37.6 Å². The number of rotatable bonds is 10. The van der Waals surface area contributed by atoms with Crippen LogP contribution in [0.25, 0.3) is 5.76 Å². The van der Waals surface area contributed by atoms with E-state index in [1.807, 2.05) is 19.9 Å². The Labute approximate surface area is 227 Å². The molecular weight excluding hydrogens is 498 g/mol. The summed E-state index contributed by atoms with van der Waals surface area (Å²) in [7, 11) is 0. The molecule has 1 N–H and O–H groups in total. The number of amides is 1. The van der Waals surface area contributed by atoms with Crippen molar-refractivity contribution in [1.29, 1.82) is 0 Å². The SMILES string of the molecule is CCCCOc1ccc([C@H]2C(=C(O)c3ccc4c(c3)C[C@@H](C)O4)C(=O)C(=O)N2Cc2ccco2)cc1OCC. The number of Topliss-reactive ketones (excluding diaryl/α,β-unsaturated/α-hetero) is 1. The van der Waals surface area contributed by atoms with E-state index >= 15 is 0 Å². The third-order valence-corrected chi connectivity index (χ3v) is 6.95. The lowest BCUT2D eigenvalue weighted by molar-refractivity contribution is -0.140. The fourth-order valence-corrected chi connectivity index (χ4v) is 5.09. The van der Waals surface area contributed by atoms with Crippen LogP contribution in [0.3, 0.4) is 0 Å². The first-order valence-corrected chi connectivity index (χ1v) is 13.4. The molecule has 0 saturated carbocycles. The van der Waals surface area contributed by atoms with Gasteiger partial charge in [-0.15, -0.1) is 0 Å². The topological polar surface area (TPSA) is 98.4 Å². The highest BCUT2D eigenvalue weighted by Crippen LogP contribution is 2.43. The van der Waals surface area contributed by atoms with Gasteiger partial charge >= 0.3 is 0 Å². The van der Waals surface area contributed by atoms with Crippen LogP contribution in [0.2, 0.25) is 0 Å². The number of fused-ring (bicyclic) bond motifs is 1. The van der Waals surface area contributed by atoms with E-state index < -0.39 is 17.7 Å². The number of nitrogens with zero attached hydrogens (tertiary/aromatic N) is 1. The summed E-state index contributed by atoms with van der Waals surface area (Å²) in [4.78, 5) is 28.2. The predicted octanol–water partition coefficient (Wildman–Crippen LogP) is 5.80. The molecule has 0 aliphatic carbocycles. The Bertz CT molecular complexity index is 1390. The summed E-state index contributed by atoms with van der Waals surface area (Å²) in [6.45, 7) is 6.97. The Hall–Kier alpha value is -4.20. The lowest BCUT2D eigenvalue weighted by Gasteiger charge is -2.25. The minimum absolute atomic E-state index is 0.0144. The highest BCUT2D eigenvalue weighted by Gasteiger charge is 2.46. The van der Waals surface area contributed by atoms with Gasteiger partial charge in [0, 0.05) is 12.0 Å². The van der Waals surface area contributed by atoms with Crippen LogP contribution >= 0.6 is 0 Å². The van der Waals surface area contributed by atoms with Gasteiger partial charge < -0.3 is 28.6 Å². The van der Waals surface area contributed by atoms with E-state index in [9.17, 15) is 14.7 Å². The Morgan fingerprint density at radius 3 is 2.67 bits per heavy atom. The predicted molar refractivity (Wildman–Crippen MR) is 145 cm³/mol. The minimum Gasteiger partial charge on any atom is -0.507 e. The molecule has 2 atom stereocenters. The molecule has 0 spiro atoms. The number of aliphatic hydroxyl groups is 1. The van der Waals surface area contributed by atoms with Gasteiger partial charge in [-0.2, -0.15) is 0 Å². The molecule has 1 amide bonds. The van der Waals surface area contributed by atoms with E-state index in [0.717, 1.165) is 24.2 Å². The molecule has 39 heavy (non-hydrogen) atoms. The third-order valence-electron chi connectivity index (χ3n) is 6.95. The number of furan rings is 1. The van der Waals surface area contributed by atoms with Crippen LogP contribution in [0.1, 0.15) is 62.1 Å². The molecule has 3 heterocycles. The third kappa shape index (κ3) is 5.24. The standard InChI is InChI=1S/C31H33NO7/c1-4-6-13-38-25-12-9-20(17-26(25)36-5-2)28-27(30(34)31(35)32(28)18-23-8-7-14-37-23)29(33)21-10-11-24-22(16-21)15-19(3)39-24/h7-12,14,16-17,19,28,33H,4-6,13,15,18H2,1-3H3/t19-,28+/m1/s1. The van der Waals surface area contributed by atoms with Crippen LogP contribution < -0.4 is 14.2 Å². The fraction of sp³-hybridized carbons (Fsp3) is 0.355. The highest BCUT2D eigenvalue weighted by atomic mass is 16.5. The second kappa shape index (κ2) is 11.3. The number of ether oxygens (including phenoxy) is 3. The van der Waals surface area contributed by atoms with Crippen LogP contribution in [0.4, 0.5) is 0 Å². The summed E-state index contributed by atoms with van der Waals surface area (Å²) in [5.74, 6) is 0.684. The van der Waals surface area contributed by atoms with Crippen LogP contribution in [0.15, 0.2) is 64.8 Å². The van der Waals surface area contributed by atoms with Crippen molar-refractivity contribution in [3.05, 3.63) is 82.8 Å². The van der Waals surface area contributed by atoms with E-state index in [0.29, 0.717) is 48.0 Å². The summed E-state index contributed by atoms with van der Waals surface area (Å²) < 4.78 is 23.1. The minimum atomic E-state index is -0.859. The molecule has 2 aliphatic rings. The summed E-state index contributed by atoms with van der Waals surface area (Å²) >= 11 is 0. The normalized spacial score (nSPS) is 19.7. The van der Waals surface area contributed by atoms with Crippen LogP contribution in [0.5, 0.6) is 17.2 Å². The molecule has 1 fully saturated rings. The first kappa shape index (κ1) is 26.4. The summed E-state index contributed by atoms with van der Waals surface area (Å²) in [6, 6.07) is 13.3. The smallest absolute Gasteiger partial charge is 0.296 e. The number of hydrogen-bond donors (Lipinski definition) is 1. The quantitative estimate of drug-likeness (QED) is 0.153. The van der Waals surface area contributed by atoms with Crippen LogP contribution in [-0.4, -0.2) is 41.0 Å². The second-order valence-electron chi connectivity index (χ2n) is 9.80. The Morgan fingerprint density at radius 1 is 1.08 bits per heavy atom. The van der Waals surface area contributed by atoms with Gasteiger partial charge in [-0.3, -0.25) is 9.59 Å². The summed E-state index contributed by atoms with van der Waals surface area (Å²) in [6.07, 6.45) is 4.15. The molecule has 8 nitrogen and oxygen atoms in total. The zero-order chi connectivity index (χ0) is 27.5. The molecule has 204 valence electrons. The van der Waals surface area contributed by atoms with E-state index in [4.69, 9.17) is 18.6 Å². The maximum atomic E-state index is 13.5. The first-order valence-electron chi connectivity index (χ1n) is 13.4. The zero-order valence-electron chi connectivity index (χ0n) is 22.4. The molecule has 5 rings (SSSR count). The Morgan fingerprint density at radius 2 is 1.92 bits per heavy atom. The van der Waals surface area contributed by atoms with E-state index in [1.165, 1.54) is 11.2 Å². The molecule has 0 bridgehead atoms. The van der Waals surface area contributed by atoms with Gasteiger partial charge in [0.2, 0.25) is 0 Å². The Balaban J connectivity index is 1.60. The molecule has 8 heteroatoms. The molecule has 3 aromatic rings. The Kier molecular flexibility index (Phi) is 7.63. The molecule has 2 aliphatic heterocycles. The van der Waals surface area contributed by atoms with Crippen LogP contribution in [0, 0.1) is 0 Å². The number of hydrogen-bond acceptors (Lipinski definition) is 7. The molecule has 1 aromatic heterocycles. The van der Waals surface area contributed by atoms with Crippen molar-refractivity contribution in [1.82, 2.24) is 4.90 Å². The van der Waals surface area contributed by atoms with Crippen molar-refractivity contribution in [2.45, 2.75) is 58.7 Å². The number of carbonyl (C=O) groups excluding carboxylic acids is 2. The van der Waals surface area contributed by atoms with Gasteiger partial charge in [-0.25, -0.2) is 0 Å². The van der Waals surface area contributed by atoms with Crippen molar-refractivity contribution in [3.8, 4) is 17.2 Å². The number of unbranched alkanes of at least 4 members (excludes halogenated alkanes) is 1. The van der Waals surface area contributed by atoms with Crippen molar-refractivity contribution in [2.75, 3.05) is 13.2 Å². The second-order valence-corrected chi connectivity index (χ2v) is 9.80. The van der Waals surface area contributed by atoms with Gasteiger partial charge in [0.15, 0.2) is 11.5 Å². The lowest BCUT2D eigenvalue weighted by Crippen LogP contribution is -2.29. The number of benzene rings is 2. The number of ketones is 1. The van der Waals surface area contributed by atoms with Crippen molar-refractivity contribution < 1.29 is 33.3 Å². The van der Waals surface area contributed by atoms with Gasteiger partial charge in [-0.1, -0.05) is 19.4 Å². The number of likely N-dealkylation sites (tertiary alicyclic amines) is 1. The average molecular weight is 532 g/mol. The fourth-order valence-electron chi connectivity index (χ4n) is 5.09. The number of aliphatic hydroxyl groups excluding tert-OH is 1. The van der Waals surface area contributed by atoms with Crippen LogP contribution in [-0.2, 0) is 22.6 Å². The van der Waals surface area contributed by atoms with Gasteiger partial charge in [0.1, 0.15) is 23.4 Å². The van der Waals surface area contributed by atoms with E-state index in [1.54, 1.807) is 42.5 Å². The molecule has 1 saturated heterocycles. The van der Waals surface area contributed by atoms with Crippen molar-refractivity contribution in [3.63, 3.8) is 0 Å². The van der Waals surface area contributed by atoms with E-state index in [2.05, 4.69) is 6.92 Å². The lowest BCUT2D eigenvalue weighted by atomic mass is 9.94. The highest BCUT2D eigenvalue weighted by molar-refractivity contribution is 6.46. The summed E-state index contributed by atoms with van der Waals surface area (Å²) in [5.41, 5.74) is 2.03. The largest absolute Gasteiger partial charge is 0.507 e. The zero-order valence-corrected chi connectivity index (χ0v) is 22.4. The van der Waals surface area contributed by atoms with Gasteiger partial charge in [0.25, 0.3) is 11.7 Å². The molecule has 0 unspecified atom stereocenters.